The topological polar surface area (TPSA) is 42.0 Å². The summed E-state index contributed by atoms with van der Waals surface area (Å²) < 4.78 is 13.6. The fraction of sp³-hybridized carbons (Fsp3) is 0.294. The van der Waals surface area contributed by atoms with Gasteiger partial charge in [-0.05, 0) is 30.0 Å². The van der Waals surface area contributed by atoms with Gasteiger partial charge in [0.15, 0.2) is 0 Å². The van der Waals surface area contributed by atoms with E-state index in [9.17, 15) is 9.18 Å². The van der Waals surface area contributed by atoms with Gasteiger partial charge in [-0.25, -0.2) is 4.98 Å². The molecule has 0 aliphatic carbocycles. The molecule has 1 aromatic carbocycles. The number of benzene rings is 1. The van der Waals surface area contributed by atoms with Crippen LogP contribution in [0, 0.1) is 11.9 Å². The third-order valence-electron chi connectivity index (χ3n) is 3.22. The second-order valence-corrected chi connectivity index (χ2v) is 5.41. The summed E-state index contributed by atoms with van der Waals surface area (Å²) in [4.78, 5) is 15.8. The molecule has 0 saturated carbocycles. The highest BCUT2D eigenvalue weighted by molar-refractivity contribution is 5.94. The lowest BCUT2D eigenvalue weighted by atomic mass is 9.96. The van der Waals surface area contributed by atoms with Crippen molar-refractivity contribution in [3.05, 3.63) is 65.7 Å². The highest BCUT2D eigenvalue weighted by atomic mass is 19.1. The molecule has 0 bridgehead atoms. The van der Waals surface area contributed by atoms with Crippen molar-refractivity contribution in [3.8, 4) is 0 Å². The summed E-state index contributed by atoms with van der Waals surface area (Å²) in [6.07, 6.45) is 2.12. The molecule has 4 heteroatoms. The van der Waals surface area contributed by atoms with Crippen LogP contribution in [0.2, 0.25) is 0 Å². The molecule has 1 amide bonds. The van der Waals surface area contributed by atoms with E-state index >= 15 is 0 Å². The molecule has 1 unspecified atom stereocenters. The molecule has 3 nitrogen and oxygen atoms in total. The standard InChI is InChI=1S/C17H19FN2O/c1-12(2)11-15(13-7-4-3-5-8-13)20-17(21)14-9-6-10-19-16(14)18/h3-10,12,15H,11H2,1-2H3,(H,20,21). The van der Waals surface area contributed by atoms with Crippen molar-refractivity contribution in [3.63, 3.8) is 0 Å². The van der Waals surface area contributed by atoms with Gasteiger partial charge in [0.25, 0.3) is 5.91 Å². The SMILES string of the molecule is CC(C)CC(NC(=O)c1cccnc1F)c1ccccc1. The molecule has 21 heavy (non-hydrogen) atoms. The first kappa shape index (κ1) is 15.2. The van der Waals surface area contributed by atoms with Crippen LogP contribution in [0.25, 0.3) is 0 Å². The Morgan fingerprint density at radius 1 is 1.19 bits per heavy atom. The van der Waals surface area contributed by atoms with Crippen LogP contribution in [-0.2, 0) is 0 Å². The maximum Gasteiger partial charge on any atom is 0.256 e. The van der Waals surface area contributed by atoms with Gasteiger partial charge in [0, 0.05) is 6.20 Å². The first-order chi connectivity index (χ1) is 10.1. The zero-order valence-electron chi connectivity index (χ0n) is 12.2. The molecular formula is C17H19FN2O. The van der Waals surface area contributed by atoms with Gasteiger partial charge in [-0.3, -0.25) is 4.79 Å². The maximum atomic E-state index is 13.6. The van der Waals surface area contributed by atoms with E-state index in [1.807, 2.05) is 30.3 Å². The van der Waals surface area contributed by atoms with Gasteiger partial charge in [0.1, 0.15) is 0 Å². The summed E-state index contributed by atoms with van der Waals surface area (Å²) in [7, 11) is 0. The van der Waals surface area contributed by atoms with Crippen molar-refractivity contribution in [2.45, 2.75) is 26.3 Å². The molecule has 1 N–H and O–H groups in total. The van der Waals surface area contributed by atoms with Gasteiger partial charge >= 0.3 is 0 Å². The molecule has 110 valence electrons. The van der Waals surface area contributed by atoms with Gasteiger partial charge in [-0.2, -0.15) is 4.39 Å². The Morgan fingerprint density at radius 3 is 2.52 bits per heavy atom. The van der Waals surface area contributed by atoms with E-state index in [1.165, 1.54) is 12.3 Å². The average Bonchev–Trinajstić information content (AvgIpc) is 2.47. The second kappa shape index (κ2) is 6.97. The largest absolute Gasteiger partial charge is 0.345 e. The normalized spacial score (nSPS) is 12.2. The molecule has 2 aromatic rings. The lowest BCUT2D eigenvalue weighted by Gasteiger charge is -2.21. The smallest absolute Gasteiger partial charge is 0.256 e. The number of amides is 1. The Morgan fingerprint density at radius 2 is 1.90 bits per heavy atom. The number of hydrogen-bond acceptors (Lipinski definition) is 2. The minimum absolute atomic E-state index is 0.0258. The Bertz CT molecular complexity index is 599. The summed E-state index contributed by atoms with van der Waals surface area (Å²) in [5.74, 6) is -0.768. The third kappa shape index (κ3) is 4.12. The Hall–Kier alpha value is -2.23. The van der Waals surface area contributed by atoms with E-state index in [-0.39, 0.29) is 11.6 Å². The molecule has 0 aliphatic rings. The van der Waals surface area contributed by atoms with Gasteiger partial charge in [-0.15, -0.1) is 0 Å². The van der Waals surface area contributed by atoms with Crippen LogP contribution in [0.4, 0.5) is 4.39 Å². The van der Waals surface area contributed by atoms with Gasteiger partial charge in [-0.1, -0.05) is 44.2 Å². The van der Waals surface area contributed by atoms with Crippen LogP contribution >= 0.6 is 0 Å². The van der Waals surface area contributed by atoms with Crippen molar-refractivity contribution in [2.75, 3.05) is 0 Å². The Balaban J connectivity index is 2.19. The van der Waals surface area contributed by atoms with Crippen molar-refractivity contribution in [2.24, 2.45) is 5.92 Å². The minimum Gasteiger partial charge on any atom is -0.345 e. The summed E-state index contributed by atoms with van der Waals surface area (Å²) in [6, 6.07) is 12.6. The van der Waals surface area contributed by atoms with Gasteiger partial charge < -0.3 is 5.32 Å². The van der Waals surface area contributed by atoms with Crippen LogP contribution in [0.1, 0.15) is 42.2 Å². The first-order valence-corrected chi connectivity index (χ1v) is 7.04. The van der Waals surface area contributed by atoms with E-state index in [4.69, 9.17) is 0 Å². The zero-order valence-corrected chi connectivity index (χ0v) is 12.2. The summed E-state index contributed by atoms with van der Waals surface area (Å²) in [6.45, 7) is 4.18. The van der Waals surface area contributed by atoms with Crippen LogP contribution in [0.5, 0.6) is 0 Å². The summed E-state index contributed by atoms with van der Waals surface area (Å²) in [5.41, 5.74) is 0.992. The average molecular weight is 286 g/mol. The van der Waals surface area contributed by atoms with Crippen LogP contribution in [0.15, 0.2) is 48.7 Å². The number of rotatable bonds is 5. The number of halogens is 1. The van der Waals surface area contributed by atoms with Gasteiger partial charge in [0.2, 0.25) is 5.95 Å². The molecule has 1 aromatic heterocycles. The Kier molecular flexibility index (Phi) is 5.04. The zero-order chi connectivity index (χ0) is 15.2. The highest BCUT2D eigenvalue weighted by Crippen LogP contribution is 2.21. The number of carbonyl (C=O) groups excluding carboxylic acids is 1. The van der Waals surface area contributed by atoms with E-state index in [0.29, 0.717) is 5.92 Å². The highest BCUT2D eigenvalue weighted by Gasteiger charge is 2.19. The molecule has 0 spiro atoms. The molecular weight excluding hydrogens is 267 g/mol. The molecule has 1 atom stereocenters. The number of nitrogens with zero attached hydrogens (tertiary/aromatic N) is 1. The van der Waals surface area contributed by atoms with Crippen molar-refractivity contribution in [1.29, 1.82) is 0 Å². The second-order valence-electron chi connectivity index (χ2n) is 5.41. The fourth-order valence-corrected chi connectivity index (χ4v) is 2.23. The number of pyridine rings is 1. The maximum absolute atomic E-state index is 13.6. The number of nitrogens with one attached hydrogen (secondary N) is 1. The van der Waals surface area contributed by atoms with E-state index in [2.05, 4.69) is 24.1 Å². The Labute approximate surface area is 124 Å². The van der Waals surface area contributed by atoms with Crippen LogP contribution < -0.4 is 5.32 Å². The molecule has 0 radical (unpaired) electrons. The third-order valence-corrected chi connectivity index (χ3v) is 3.22. The summed E-state index contributed by atoms with van der Waals surface area (Å²) in [5, 5.41) is 2.90. The van der Waals surface area contributed by atoms with Crippen LogP contribution in [-0.4, -0.2) is 10.9 Å². The van der Waals surface area contributed by atoms with E-state index in [1.54, 1.807) is 6.07 Å². The molecule has 2 rings (SSSR count). The van der Waals surface area contributed by atoms with Crippen molar-refractivity contribution < 1.29 is 9.18 Å². The summed E-state index contributed by atoms with van der Waals surface area (Å²) >= 11 is 0. The molecule has 0 saturated heterocycles. The quantitative estimate of drug-likeness (QED) is 0.851. The first-order valence-electron chi connectivity index (χ1n) is 7.04. The fourth-order valence-electron chi connectivity index (χ4n) is 2.23. The monoisotopic (exact) mass is 286 g/mol. The predicted molar refractivity (Wildman–Crippen MR) is 80.3 cm³/mol. The molecule has 1 heterocycles. The lowest BCUT2D eigenvalue weighted by molar-refractivity contribution is 0.0927. The number of aromatic nitrogens is 1. The minimum atomic E-state index is -0.744. The number of carbonyl (C=O) groups is 1. The molecule has 0 fully saturated rings. The van der Waals surface area contributed by atoms with Crippen molar-refractivity contribution >= 4 is 5.91 Å². The molecule has 0 aliphatic heterocycles. The van der Waals surface area contributed by atoms with E-state index < -0.39 is 11.9 Å². The number of hydrogen-bond donors (Lipinski definition) is 1. The predicted octanol–water partition coefficient (Wildman–Crippen LogP) is 3.74. The van der Waals surface area contributed by atoms with E-state index in [0.717, 1.165) is 12.0 Å². The van der Waals surface area contributed by atoms with Crippen molar-refractivity contribution in [1.82, 2.24) is 10.3 Å². The van der Waals surface area contributed by atoms with Gasteiger partial charge in [0.05, 0.1) is 11.6 Å². The van der Waals surface area contributed by atoms with Crippen LogP contribution in [0.3, 0.4) is 0 Å². The lowest BCUT2D eigenvalue weighted by Crippen LogP contribution is -2.30.